The molecule has 0 aliphatic carbocycles. The van der Waals surface area contributed by atoms with Crippen LogP contribution in [0.1, 0.15) is 6.42 Å². The second-order valence-electron chi connectivity index (χ2n) is 2.85. The van der Waals surface area contributed by atoms with Gasteiger partial charge in [0.05, 0.1) is 0 Å². The third kappa shape index (κ3) is 4.83. The van der Waals surface area contributed by atoms with Gasteiger partial charge in [0.2, 0.25) is 5.91 Å². The Kier molecular flexibility index (Phi) is 3.73. The number of nitrogens with one attached hydrogen (secondary N) is 1. The van der Waals surface area contributed by atoms with Crippen molar-refractivity contribution in [3.63, 3.8) is 0 Å². The van der Waals surface area contributed by atoms with Crippen LogP contribution in [-0.4, -0.2) is 12.1 Å². The van der Waals surface area contributed by atoms with Crippen LogP contribution in [0.4, 0.5) is 18.9 Å². The fourth-order valence-electron chi connectivity index (χ4n) is 0.920. The number of carbonyl (C=O) groups is 1. The minimum absolute atomic E-state index is 0.340. The van der Waals surface area contributed by atoms with Crippen molar-refractivity contribution in [3.8, 4) is 0 Å². The summed E-state index contributed by atoms with van der Waals surface area (Å²) in [6.45, 7) is 0. The van der Waals surface area contributed by atoms with Gasteiger partial charge in [0.15, 0.2) is 0 Å². The van der Waals surface area contributed by atoms with Crippen LogP contribution in [-0.2, 0) is 4.79 Å². The Balaban J connectivity index is 2.55. The van der Waals surface area contributed by atoms with E-state index in [1.807, 2.05) is 0 Å². The summed E-state index contributed by atoms with van der Waals surface area (Å²) in [5, 5.41) is 2.15. The molecular weight excluding hydrogens is 275 g/mol. The van der Waals surface area contributed by atoms with E-state index in [2.05, 4.69) is 21.2 Å². The van der Waals surface area contributed by atoms with Crippen LogP contribution in [0, 0.1) is 0 Å². The first-order valence-electron chi connectivity index (χ1n) is 3.99. The van der Waals surface area contributed by atoms with E-state index >= 15 is 0 Å². The average Bonchev–Trinajstić information content (AvgIpc) is 2.05. The van der Waals surface area contributed by atoms with Crippen molar-refractivity contribution >= 4 is 27.5 Å². The SMILES string of the molecule is O=C(CC(F)(F)F)Nc1ccc(Br)cc1. The molecule has 0 radical (unpaired) electrons. The molecule has 0 saturated carbocycles. The first-order chi connectivity index (χ1) is 6.87. The highest BCUT2D eigenvalue weighted by atomic mass is 79.9. The quantitative estimate of drug-likeness (QED) is 0.885. The molecule has 15 heavy (non-hydrogen) atoms. The van der Waals surface area contributed by atoms with E-state index in [1.165, 1.54) is 12.1 Å². The first kappa shape index (κ1) is 12.0. The fraction of sp³-hybridized carbons (Fsp3) is 0.222. The highest BCUT2D eigenvalue weighted by Crippen LogP contribution is 2.21. The van der Waals surface area contributed by atoms with E-state index in [-0.39, 0.29) is 0 Å². The van der Waals surface area contributed by atoms with Crippen molar-refractivity contribution in [3.05, 3.63) is 28.7 Å². The normalized spacial score (nSPS) is 11.2. The van der Waals surface area contributed by atoms with Gasteiger partial charge in [-0.2, -0.15) is 13.2 Å². The topological polar surface area (TPSA) is 29.1 Å². The number of benzene rings is 1. The third-order valence-corrected chi connectivity index (χ3v) is 2.02. The lowest BCUT2D eigenvalue weighted by atomic mass is 10.3. The Morgan fingerprint density at radius 3 is 2.27 bits per heavy atom. The number of rotatable bonds is 2. The first-order valence-corrected chi connectivity index (χ1v) is 4.78. The number of alkyl halides is 3. The van der Waals surface area contributed by atoms with Crippen molar-refractivity contribution in [2.24, 2.45) is 0 Å². The van der Waals surface area contributed by atoms with Crippen LogP contribution in [0.15, 0.2) is 28.7 Å². The number of halogens is 4. The van der Waals surface area contributed by atoms with Gasteiger partial charge >= 0.3 is 6.18 Å². The van der Waals surface area contributed by atoms with E-state index in [4.69, 9.17) is 0 Å². The smallest absolute Gasteiger partial charge is 0.326 e. The van der Waals surface area contributed by atoms with Crippen LogP contribution < -0.4 is 5.32 Å². The van der Waals surface area contributed by atoms with Gasteiger partial charge in [-0.15, -0.1) is 0 Å². The molecule has 1 amide bonds. The van der Waals surface area contributed by atoms with Gasteiger partial charge in [-0.05, 0) is 24.3 Å². The molecule has 0 bridgehead atoms. The molecule has 0 aliphatic rings. The van der Waals surface area contributed by atoms with Crippen molar-refractivity contribution in [1.29, 1.82) is 0 Å². The van der Waals surface area contributed by atoms with Gasteiger partial charge in [0.25, 0.3) is 0 Å². The lowest BCUT2D eigenvalue weighted by Crippen LogP contribution is -2.21. The molecule has 0 saturated heterocycles. The molecule has 0 fully saturated rings. The van der Waals surface area contributed by atoms with Gasteiger partial charge < -0.3 is 5.32 Å². The van der Waals surface area contributed by atoms with Gasteiger partial charge in [0, 0.05) is 10.2 Å². The Hall–Kier alpha value is -1.04. The molecule has 1 aromatic rings. The van der Waals surface area contributed by atoms with E-state index < -0.39 is 18.5 Å². The lowest BCUT2D eigenvalue weighted by molar-refractivity contribution is -0.150. The standard InChI is InChI=1S/C9H7BrF3NO/c10-6-1-3-7(4-2-6)14-8(15)5-9(11,12)13/h1-4H,5H2,(H,14,15). The molecule has 82 valence electrons. The van der Waals surface area contributed by atoms with Crippen molar-refractivity contribution in [1.82, 2.24) is 0 Å². The Morgan fingerprint density at radius 2 is 1.80 bits per heavy atom. The summed E-state index contributed by atoms with van der Waals surface area (Å²) in [5.74, 6) is -1.06. The minimum Gasteiger partial charge on any atom is -0.326 e. The Bertz CT molecular complexity index is 347. The van der Waals surface area contributed by atoms with Crippen molar-refractivity contribution in [2.75, 3.05) is 5.32 Å². The predicted molar refractivity (Wildman–Crippen MR) is 53.4 cm³/mol. The summed E-state index contributed by atoms with van der Waals surface area (Å²) in [7, 11) is 0. The predicted octanol–water partition coefficient (Wildman–Crippen LogP) is 3.34. The van der Waals surface area contributed by atoms with Crippen LogP contribution >= 0.6 is 15.9 Å². The summed E-state index contributed by atoms with van der Waals surface area (Å²) in [5.41, 5.74) is 0.340. The maximum atomic E-state index is 11.8. The number of amides is 1. The van der Waals surface area contributed by atoms with E-state index in [0.717, 1.165) is 4.47 Å². The van der Waals surface area contributed by atoms with Crippen molar-refractivity contribution in [2.45, 2.75) is 12.6 Å². The fourth-order valence-corrected chi connectivity index (χ4v) is 1.18. The van der Waals surface area contributed by atoms with Crippen LogP contribution in [0.3, 0.4) is 0 Å². The highest BCUT2D eigenvalue weighted by Gasteiger charge is 2.31. The van der Waals surface area contributed by atoms with Crippen molar-refractivity contribution < 1.29 is 18.0 Å². The molecule has 1 rings (SSSR count). The third-order valence-electron chi connectivity index (χ3n) is 1.49. The number of hydrogen-bond donors (Lipinski definition) is 1. The second kappa shape index (κ2) is 4.65. The molecule has 1 N–H and O–H groups in total. The Morgan fingerprint density at radius 1 is 1.27 bits per heavy atom. The highest BCUT2D eigenvalue weighted by molar-refractivity contribution is 9.10. The molecular formula is C9H7BrF3NO. The number of carbonyl (C=O) groups excluding carboxylic acids is 1. The summed E-state index contributed by atoms with van der Waals surface area (Å²) in [4.78, 5) is 10.9. The monoisotopic (exact) mass is 281 g/mol. The largest absolute Gasteiger partial charge is 0.397 e. The molecule has 6 heteroatoms. The number of hydrogen-bond acceptors (Lipinski definition) is 1. The van der Waals surface area contributed by atoms with E-state index in [9.17, 15) is 18.0 Å². The summed E-state index contributed by atoms with van der Waals surface area (Å²) in [6.07, 6.45) is -5.94. The van der Waals surface area contributed by atoms with E-state index in [1.54, 1.807) is 12.1 Å². The molecule has 0 atom stereocenters. The molecule has 0 unspecified atom stereocenters. The maximum absolute atomic E-state index is 11.8. The molecule has 0 aromatic heterocycles. The zero-order chi connectivity index (χ0) is 11.5. The summed E-state index contributed by atoms with van der Waals surface area (Å²) in [6, 6.07) is 6.28. The van der Waals surface area contributed by atoms with Gasteiger partial charge in [0.1, 0.15) is 6.42 Å². The van der Waals surface area contributed by atoms with Gasteiger partial charge in [-0.25, -0.2) is 0 Å². The lowest BCUT2D eigenvalue weighted by Gasteiger charge is -2.07. The van der Waals surface area contributed by atoms with Gasteiger partial charge in [-0.1, -0.05) is 15.9 Å². The molecule has 0 spiro atoms. The molecule has 0 heterocycles. The zero-order valence-corrected chi connectivity index (χ0v) is 9.02. The molecule has 0 aliphatic heterocycles. The summed E-state index contributed by atoms with van der Waals surface area (Å²) >= 11 is 3.17. The average molecular weight is 282 g/mol. The minimum atomic E-state index is -4.47. The van der Waals surface area contributed by atoms with Crippen LogP contribution in [0.2, 0.25) is 0 Å². The van der Waals surface area contributed by atoms with Crippen LogP contribution in [0.25, 0.3) is 0 Å². The zero-order valence-electron chi connectivity index (χ0n) is 7.44. The van der Waals surface area contributed by atoms with E-state index in [0.29, 0.717) is 5.69 Å². The van der Waals surface area contributed by atoms with Crippen LogP contribution in [0.5, 0.6) is 0 Å². The molecule has 2 nitrogen and oxygen atoms in total. The Labute approximate surface area is 92.6 Å². The summed E-state index contributed by atoms with van der Waals surface area (Å²) < 4.78 is 36.2. The molecule has 1 aromatic carbocycles. The van der Waals surface area contributed by atoms with Gasteiger partial charge in [-0.3, -0.25) is 4.79 Å². The maximum Gasteiger partial charge on any atom is 0.397 e. The second-order valence-corrected chi connectivity index (χ2v) is 3.76. The number of anilines is 1.